The third kappa shape index (κ3) is 2.34. The van der Waals surface area contributed by atoms with Gasteiger partial charge < -0.3 is 10.6 Å². The fraction of sp³-hybridized carbons (Fsp3) is 0.667. The van der Waals surface area contributed by atoms with E-state index in [0.29, 0.717) is 11.9 Å². The topological polar surface area (TPSA) is 76.1 Å². The molecule has 2 aliphatic heterocycles. The van der Waals surface area contributed by atoms with E-state index in [1.165, 1.54) is 32.3 Å². The van der Waals surface area contributed by atoms with Crippen LogP contribution >= 0.6 is 0 Å². The van der Waals surface area contributed by atoms with Gasteiger partial charge in [0, 0.05) is 19.1 Å². The molecule has 22 heavy (non-hydrogen) atoms. The van der Waals surface area contributed by atoms with Crippen LogP contribution in [0.1, 0.15) is 25.3 Å². The maximum absolute atomic E-state index is 5.91. The fourth-order valence-corrected chi connectivity index (χ4v) is 3.81. The molecule has 2 aromatic heterocycles. The fourth-order valence-electron chi connectivity index (χ4n) is 3.81. The molecule has 1 atom stereocenters. The van der Waals surface area contributed by atoms with E-state index in [2.05, 4.69) is 31.9 Å². The van der Waals surface area contributed by atoms with Crippen LogP contribution in [0, 0.1) is 0 Å². The molecule has 2 aromatic rings. The average molecular weight is 301 g/mol. The summed E-state index contributed by atoms with van der Waals surface area (Å²) in [6.45, 7) is 4.64. The summed E-state index contributed by atoms with van der Waals surface area (Å²) in [6.07, 6.45) is 7.01. The van der Waals surface area contributed by atoms with Crippen LogP contribution in [-0.4, -0.2) is 68.8 Å². The van der Waals surface area contributed by atoms with Gasteiger partial charge in [-0.3, -0.25) is 4.90 Å². The van der Waals surface area contributed by atoms with Gasteiger partial charge in [-0.15, -0.1) is 0 Å². The number of likely N-dealkylation sites (tertiary alicyclic amines) is 2. The molecule has 0 amide bonds. The zero-order chi connectivity index (χ0) is 15.1. The predicted octanol–water partition coefficient (Wildman–Crippen LogP) is 0.749. The van der Waals surface area contributed by atoms with E-state index in [-0.39, 0.29) is 0 Å². The molecule has 0 saturated carbocycles. The van der Waals surface area contributed by atoms with Crippen molar-refractivity contribution in [3.63, 3.8) is 0 Å². The molecule has 2 fully saturated rings. The predicted molar refractivity (Wildman–Crippen MR) is 85.5 cm³/mol. The Hall–Kier alpha value is -1.73. The van der Waals surface area contributed by atoms with Gasteiger partial charge in [0.05, 0.1) is 17.6 Å². The molecular weight excluding hydrogens is 278 g/mol. The number of fused-ring (bicyclic) bond motifs is 1. The first-order valence-corrected chi connectivity index (χ1v) is 8.08. The molecular formula is C15H23N7. The van der Waals surface area contributed by atoms with Crippen molar-refractivity contribution in [3.05, 3.63) is 12.5 Å². The molecule has 7 heteroatoms. The van der Waals surface area contributed by atoms with Crippen molar-refractivity contribution in [1.82, 2.24) is 29.5 Å². The van der Waals surface area contributed by atoms with Gasteiger partial charge in [-0.1, -0.05) is 0 Å². The first-order chi connectivity index (χ1) is 10.7. The highest BCUT2D eigenvalue weighted by atomic mass is 15.4. The first-order valence-electron chi connectivity index (χ1n) is 8.08. The van der Waals surface area contributed by atoms with Crippen LogP contribution in [-0.2, 0) is 0 Å². The number of hydrogen-bond acceptors (Lipinski definition) is 6. The normalized spacial score (nSPS) is 25.2. The van der Waals surface area contributed by atoms with Gasteiger partial charge in [-0.25, -0.2) is 14.6 Å². The maximum atomic E-state index is 5.91. The van der Waals surface area contributed by atoms with E-state index in [4.69, 9.17) is 5.73 Å². The van der Waals surface area contributed by atoms with Crippen LogP contribution in [0.15, 0.2) is 12.5 Å². The van der Waals surface area contributed by atoms with E-state index in [1.54, 1.807) is 6.20 Å². The van der Waals surface area contributed by atoms with Crippen LogP contribution in [0.3, 0.4) is 0 Å². The third-order valence-electron chi connectivity index (χ3n) is 5.17. The standard InChI is InChI=1S/C15H23N7/c1-20-5-2-11(3-6-20)21-7-4-12(9-21)22-15-13(8-19-22)14(16)17-10-18-15/h8,10-12H,2-7,9H2,1H3,(H2,16,17,18). The molecule has 1 unspecified atom stereocenters. The summed E-state index contributed by atoms with van der Waals surface area (Å²) in [4.78, 5) is 13.5. The minimum atomic E-state index is 0.395. The summed E-state index contributed by atoms with van der Waals surface area (Å²) in [5, 5.41) is 5.39. The van der Waals surface area contributed by atoms with E-state index in [0.717, 1.165) is 36.6 Å². The van der Waals surface area contributed by atoms with Gasteiger partial charge in [0.25, 0.3) is 0 Å². The van der Waals surface area contributed by atoms with E-state index >= 15 is 0 Å². The second kappa shape index (κ2) is 5.48. The summed E-state index contributed by atoms with van der Waals surface area (Å²) in [5.41, 5.74) is 6.77. The molecule has 0 aromatic carbocycles. The number of nitrogens with zero attached hydrogens (tertiary/aromatic N) is 6. The van der Waals surface area contributed by atoms with Crippen LogP contribution in [0.4, 0.5) is 5.82 Å². The number of aromatic nitrogens is 4. The Balaban J connectivity index is 1.51. The SMILES string of the molecule is CN1CCC(N2CCC(n3ncc4c(N)ncnc43)C2)CC1. The number of piperidine rings is 1. The van der Waals surface area contributed by atoms with Crippen molar-refractivity contribution < 1.29 is 0 Å². The number of hydrogen-bond donors (Lipinski definition) is 1. The summed E-state index contributed by atoms with van der Waals surface area (Å²) in [5.74, 6) is 0.515. The summed E-state index contributed by atoms with van der Waals surface area (Å²) < 4.78 is 2.04. The monoisotopic (exact) mass is 301 g/mol. The highest BCUT2D eigenvalue weighted by Gasteiger charge is 2.32. The second-order valence-electron chi connectivity index (χ2n) is 6.56. The largest absolute Gasteiger partial charge is 0.383 e. The molecule has 2 aliphatic rings. The molecule has 0 aliphatic carbocycles. The quantitative estimate of drug-likeness (QED) is 0.882. The molecule has 118 valence electrons. The lowest BCUT2D eigenvalue weighted by Gasteiger charge is -2.35. The molecule has 4 rings (SSSR count). The van der Waals surface area contributed by atoms with Crippen molar-refractivity contribution in [2.75, 3.05) is 39.0 Å². The van der Waals surface area contributed by atoms with Crippen LogP contribution in [0.25, 0.3) is 11.0 Å². The zero-order valence-electron chi connectivity index (χ0n) is 13.0. The smallest absolute Gasteiger partial charge is 0.163 e. The molecule has 0 spiro atoms. The van der Waals surface area contributed by atoms with E-state index in [1.807, 2.05) is 4.68 Å². The number of rotatable bonds is 2. The zero-order valence-corrected chi connectivity index (χ0v) is 13.0. The lowest BCUT2D eigenvalue weighted by molar-refractivity contribution is 0.140. The van der Waals surface area contributed by atoms with Gasteiger partial charge in [0.1, 0.15) is 12.1 Å². The lowest BCUT2D eigenvalue weighted by atomic mass is 10.0. The Bertz CT molecular complexity index is 659. The van der Waals surface area contributed by atoms with Gasteiger partial charge in [0.2, 0.25) is 0 Å². The number of nitrogen functional groups attached to an aromatic ring is 1. The van der Waals surface area contributed by atoms with E-state index in [9.17, 15) is 0 Å². The Morgan fingerprint density at radius 1 is 1.09 bits per heavy atom. The van der Waals surface area contributed by atoms with Crippen LogP contribution in [0.2, 0.25) is 0 Å². The summed E-state index contributed by atoms with van der Waals surface area (Å²) in [7, 11) is 2.21. The van der Waals surface area contributed by atoms with Crippen molar-refractivity contribution in [2.24, 2.45) is 0 Å². The van der Waals surface area contributed by atoms with Crippen molar-refractivity contribution in [2.45, 2.75) is 31.3 Å². The highest BCUT2D eigenvalue weighted by Crippen LogP contribution is 2.29. The first kappa shape index (κ1) is 13.9. The Morgan fingerprint density at radius 2 is 1.86 bits per heavy atom. The number of nitrogens with two attached hydrogens (primary N) is 1. The Morgan fingerprint density at radius 3 is 2.68 bits per heavy atom. The van der Waals surface area contributed by atoms with Gasteiger partial charge in [-0.2, -0.15) is 5.10 Å². The van der Waals surface area contributed by atoms with Crippen LogP contribution < -0.4 is 5.73 Å². The molecule has 0 radical (unpaired) electrons. The summed E-state index contributed by atoms with van der Waals surface area (Å²) in [6, 6.07) is 1.12. The van der Waals surface area contributed by atoms with Gasteiger partial charge in [0.15, 0.2) is 5.65 Å². The third-order valence-corrected chi connectivity index (χ3v) is 5.17. The van der Waals surface area contributed by atoms with Crippen molar-refractivity contribution >= 4 is 16.9 Å². The van der Waals surface area contributed by atoms with Crippen molar-refractivity contribution in [3.8, 4) is 0 Å². The van der Waals surface area contributed by atoms with Gasteiger partial charge in [-0.05, 0) is 39.4 Å². The molecule has 2 saturated heterocycles. The maximum Gasteiger partial charge on any atom is 0.163 e. The number of anilines is 1. The van der Waals surface area contributed by atoms with E-state index < -0.39 is 0 Å². The molecule has 0 bridgehead atoms. The summed E-state index contributed by atoms with van der Waals surface area (Å²) >= 11 is 0. The minimum Gasteiger partial charge on any atom is -0.383 e. The highest BCUT2D eigenvalue weighted by molar-refractivity contribution is 5.84. The molecule has 2 N–H and O–H groups in total. The van der Waals surface area contributed by atoms with Crippen molar-refractivity contribution in [1.29, 1.82) is 0 Å². The second-order valence-corrected chi connectivity index (χ2v) is 6.56. The molecule has 7 nitrogen and oxygen atoms in total. The minimum absolute atomic E-state index is 0.395. The molecule has 4 heterocycles. The lowest BCUT2D eigenvalue weighted by Crippen LogP contribution is -2.42. The van der Waals surface area contributed by atoms with Crippen LogP contribution in [0.5, 0.6) is 0 Å². The average Bonchev–Trinajstić information content (AvgIpc) is 3.15. The van der Waals surface area contributed by atoms with Gasteiger partial charge >= 0.3 is 0 Å². The Labute approximate surface area is 130 Å². The Kier molecular flexibility index (Phi) is 3.46.